The summed E-state index contributed by atoms with van der Waals surface area (Å²) in [6, 6.07) is 5.65. The predicted octanol–water partition coefficient (Wildman–Crippen LogP) is 1.99. The minimum atomic E-state index is -0.496. The summed E-state index contributed by atoms with van der Waals surface area (Å²) in [5.41, 5.74) is 6.48. The summed E-state index contributed by atoms with van der Waals surface area (Å²) in [6.45, 7) is 1.95. The van der Waals surface area contributed by atoms with E-state index < -0.39 is 5.91 Å². The van der Waals surface area contributed by atoms with E-state index >= 15 is 0 Å². The molecule has 2 rings (SSSR count). The molecule has 0 spiro atoms. The van der Waals surface area contributed by atoms with Crippen molar-refractivity contribution < 1.29 is 4.79 Å². The summed E-state index contributed by atoms with van der Waals surface area (Å²) in [7, 11) is 0. The Morgan fingerprint density at radius 2 is 2.28 bits per heavy atom. The fourth-order valence-corrected chi connectivity index (χ4v) is 2.52. The van der Waals surface area contributed by atoms with Gasteiger partial charge in [0.25, 0.3) is 5.91 Å². The third-order valence-electron chi connectivity index (χ3n) is 3.17. The lowest BCUT2D eigenvalue weighted by Gasteiger charge is -2.19. The molecule has 98 valence electrons. The summed E-state index contributed by atoms with van der Waals surface area (Å²) in [5.74, 6) is -0.496. The van der Waals surface area contributed by atoms with Crippen molar-refractivity contribution in [1.82, 2.24) is 5.32 Å². The number of nitrogens with two attached hydrogens (primary N) is 1. The van der Waals surface area contributed by atoms with E-state index in [-0.39, 0.29) is 0 Å². The van der Waals surface area contributed by atoms with Crippen molar-refractivity contribution in [2.24, 2.45) is 5.73 Å². The predicted molar refractivity (Wildman–Crippen MR) is 74.1 cm³/mol. The zero-order valence-electron chi connectivity index (χ0n) is 10.2. The fourth-order valence-electron chi connectivity index (χ4n) is 2.26. The van der Waals surface area contributed by atoms with Crippen LogP contribution in [0, 0.1) is 0 Å². The van der Waals surface area contributed by atoms with Gasteiger partial charge in [-0.2, -0.15) is 0 Å². The van der Waals surface area contributed by atoms with Gasteiger partial charge in [0.2, 0.25) is 0 Å². The molecule has 1 atom stereocenters. The quantitative estimate of drug-likeness (QED) is 0.785. The van der Waals surface area contributed by atoms with Gasteiger partial charge in [-0.1, -0.05) is 24.1 Å². The zero-order valence-corrected chi connectivity index (χ0v) is 11.0. The molecule has 0 radical (unpaired) electrons. The number of primary amides is 1. The van der Waals surface area contributed by atoms with Crippen LogP contribution in [0.15, 0.2) is 18.2 Å². The standard InChI is InChI=1S/C13H18ClN3O/c14-10-5-3-6-11(12(10)13(15)18)17-9-4-1-2-7-16-8-9/h3,5-6,9,16-17H,1-2,4,7-8H2,(H2,15,18). The molecule has 0 aromatic heterocycles. The van der Waals surface area contributed by atoms with Gasteiger partial charge < -0.3 is 16.4 Å². The molecule has 4 nitrogen and oxygen atoms in total. The molecular weight excluding hydrogens is 250 g/mol. The number of benzene rings is 1. The summed E-state index contributed by atoms with van der Waals surface area (Å²) < 4.78 is 0. The number of carbonyl (C=O) groups excluding carboxylic acids is 1. The van der Waals surface area contributed by atoms with Gasteiger partial charge in [0, 0.05) is 18.3 Å². The lowest BCUT2D eigenvalue weighted by molar-refractivity contribution is 0.100. The summed E-state index contributed by atoms with van der Waals surface area (Å²) in [6.07, 6.45) is 3.45. The van der Waals surface area contributed by atoms with Gasteiger partial charge in [0.15, 0.2) is 0 Å². The first-order chi connectivity index (χ1) is 8.68. The maximum atomic E-state index is 11.4. The van der Waals surface area contributed by atoms with Crippen LogP contribution in [-0.2, 0) is 0 Å². The van der Waals surface area contributed by atoms with Gasteiger partial charge in [-0.25, -0.2) is 0 Å². The van der Waals surface area contributed by atoms with Crippen LogP contribution in [0.1, 0.15) is 29.6 Å². The molecule has 1 amide bonds. The Bertz CT molecular complexity index is 428. The minimum absolute atomic E-state index is 0.309. The van der Waals surface area contributed by atoms with Crippen molar-refractivity contribution in [1.29, 1.82) is 0 Å². The van der Waals surface area contributed by atoms with Crippen molar-refractivity contribution in [2.75, 3.05) is 18.4 Å². The Balaban J connectivity index is 2.17. The molecule has 18 heavy (non-hydrogen) atoms. The summed E-state index contributed by atoms with van der Waals surface area (Å²) in [5, 5.41) is 7.13. The Hall–Kier alpha value is -1.26. The van der Waals surface area contributed by atoms with E-state index in [4.69, 9.17) is 17.3 Å². The molecule has 1 aliphatic rings. The first-order valence-electron chi connectivity index (χ1n) is 6.24. The van der Waals surface area contributed by atoms with E-state index in [1.807, 2.05) is 12.1 Å². The van der Waals surface area contributed by atoms with Crippen molar-refractivity contribution in [2.45, 2.75) is 25.3 Å². The Morgan fingerprint density at radius 1 is 1.44 bits per heavy atom. The van der Waals surface area contributed by atoms with Crippen LogP contribution >= 0.6 is 11.6 Å². The molecule has 1 saturated heterocycles. The maximum Gasteiger partial charge on any atom is 0.252 e. The SMILES string of the molecule is NC(=O)c1c(Cl)cccc1NC1CCCCNC1. The zero-order chi connectivity index (χ0) is 13.0. The van der Waals surface area contributed by atoms with Crippen LogP contribution in [0.5, 0.6) is 0 Å². The van der Waals surface area contributed by atoms with E-state index in [0.717, 1.165) is 25.2 Å². The van der Waals surface area contributed by atoms with Crippen molar-refractivity contribution in [3.05, 3.63) is 28.8 Å². The molecule has 1 unspecified atom stereocenters. The fraction of sp³-hybridized carbons (Fsp3) is 0.462. The van der Waals surface area contributed by atoms with Crippen molar-refractivity contribution >= 4 is 23.2 Å². The van der Waals surface area contributed by atoms with Crippen LogP contribution in [0.3, 0.4) is 0 Å². The average molecular weight is 268 g/mol. The van der Waals surface area contributed by atoms with Gasteiger partial charge in [0.1, 0.15) is 0 Å². The first kappa shape index (κ1) is 13.2. The number of amides is 1. The Morgan fingerprint density at radius 3 is 3.06 bits per heavy atom. The van der Waals surface area contributed by atoms with E-state index in [0.29, 0.717) is 16.6 Å². The molecule has 0 bridgehead atoms. The van der Waals surface area contributed by atoms with Gasteiger partial charge in [0.05, 0.1) is 10.6 Å². The first-order valence-corrected chi connectivity index (χ1v) is 6.62. The van der Waals surface area contributed by atoms with Crippen LogP contribution in [-0.4, -0.2) is 25.0 Å². The second kappa shape index (κ2) is 6.07. The molecule has 0 aliphatic carbocycles. The van der Waals surface area contributed by atoms with Crippen LogP contribution in [0.25, 0.3) is 0 Å². The van der Waals surface area contributed by atoms with Gasteiger partial charge in [-0.3, -0.25) is 4.79 Å². The minimum Gasteiger partial charge on any atom is -0.380 e. The number of carbonyl (C=O) groups is 1. The Kier molecular flexibility index (Phi) is 4.44. The molecular formula is C13H18ClN3O. The second-order valence-corrected chi connectivity index (χ2v) is 4.98. The molecule has 1 fully saturated rings. The van der Waals surface area contributed by atoms with Gasteiger partial charge >= 0.3 is 0 Å². The van der Waals surface area contributed by atoms with E-state index in [1.54, 1.807) is 6.07 Å². The van der Waals surface area contributed by atoms with Crippen molar-refractivity contribution in [3.63, 3.8) is 0 Å². The molecule has 5 heteroatoms. The average Bonchev–Trinajstić information content (AvgIpc) is 2.57. The largest absolute Gasteiger partial charge is 0.380 e. The third kappa shape index (κ3) is 3.15. The summed E-state index contributed by atoms with van der Waals surface area (Å²) >= 11 is 6.02. The van der Waals surface area contributed by atoms with E-state index in [2.05, 4.69) is 10.6 Å². The number of nitrogens with one attached hydrogen (secondary N) is 2. The molecule has 1 aliphatic heterocycles. The monoisotopic (exact) mass is 267 g/mol. The smallest absolute Gasteiger partial charge is 0.252 e. The van der Waals surface area contributed by atoms with Crippen LogP contribution in [0.2, 0.25) is 5.02 Å². The van der Waals surface area contributed by atoms with Crippen molar-refractivity contribution in [3.8, 4) is 0 Å². The molecule has 0 saturated carbocycles. The number of hydrogen-bond acceptors (Lipinski definition) is 3. The molecule has 1 heterocycles. The molecule has 1 aromatic carbocycles. The van der Waals surface area contributed by atoms with Crippen LogP contribution in [0.4, 0.5) is 5.69 Å². The van der Waals surface area contributed by atoms with Crippen LogP contribution < -0.4 is 16.4 Å². The molecule has 1 aromatic rings. The number of halogens is 1. The van der Waals surface area contributed by atoms with Gasteiger partial charge in [-0.15, -0.1) is 0 Å². The maximum absolute atomic E-state index is 11.4. The highest BCUT2D eigenvalue weighted by molar-refractivity contribution is 6.34. The van der Waals surface area contributed by atoms with Gasteiger partial charge in [-0.05, 0) is 31.5 Å². The Labute approximate surface area is 112 Å². The topological polar surface area (TPSA) is 67.2 Å². The lowest BCUT2D eigenvalue weighted by atomic mass is 10.1. The third-order valence-corrected chi connectivity index (χ3v) is 3.48. The number of anilines is 1. The van der Waals surface area contributed by atoms with E-state index in [1.165, 1.54) is 12.8 Å². The molecule has 4 N–H and O–H groups in total. The second-order valence-electron chi connectivity index (χ2n) is 4.57. The highest BCUT2D eigenvalue weighted by atomic mass is 35.5. The number of rotatable bonds is 3. The van der Waals surface area contributed by atoms with E-state index in [9.17, 15) is 4.79 Å². The highest BCUT2D eigenvalue weighted by Crippen LogP contribution is 2.25. The normalized spacial score (nSPS) is 20.2. The highest BCUT2D eigenvalue weighted by Gasteiger charge is 2.17. The number of hydrogen-bond donors (Lipinski definition) is 3. The summed E-state index contributed by atoms with van der Waals surface area (Å²) in [4.78, 5) is 11.4. The lowest BCUT2D eigenvalue weighted by Crippen LogP contribution is -2.31.